The first kappa shape index (κ1) is 12.9. The van der Waals surface area contributed by atoms with Crippen LogP contribution in [0.15, 0.2) is 24.3 Å². The van der Waals surface area contributed by atoms with Gasteiger partial charge in [0.25, 0.3) is 0 Å². The molecule has 20 heavy (non-hydrogen) atoms. The molecule has 1 aromatic heterocycles. The molecule has 0 spiro atoms. The Balaban J connectivity index is 1.88. The Bertz CT molecular complexity index is 634. The highest BCUT2D eigenvalue weighted by Gasteiger charge is 2.27. The van der Waals surface area contributed by atoms with E-state index in [1.54, 1.807) is 0 Å². The van der Waals surface area contributed by atoms with Crippen molar-refractivity contribution in [2.45, 2.75) is 32.6 Å². The van der Waals surface area contributed by atoms with Gasteiger partial charge in [-0.25, -0.2) is 15.8 Å². The second-order valence-corrected chi connectivity index (χ2v) is 5.34. The SMILES string of the molecule is Cc1ccc(Nc2cc(NN)nc(C3CC3)n2)cc1C. The van der Waals surface area contributed by atoms with Crippen molar-refractivity contribution in [3.05, 3.63) is 41.2 Å². The van der Waals surface area contributed by atoms with Crippen LogP contribution >= 0.6 is 0 Å². The van der Waals surface area contributed by atoms with E-state index >= 15 is 0 Å². The maximum atomic E-state index is 5.48. The molecule has 1 fully saturated rings. The summed E-state index contributed by atoms with van der Waals surface area (Å²) in [6.45, 7) is 4.20. The normalized spacial score (nSPS) is 14.2. The number of nitrogens with two attached hydrogens (primary N) is 1. The number of nitrogens with zero attached hydrogens (tertiary/aromatic N) is 2. The quantitative estimate of drug-likeness (QED) is 0.587. The van der Waals surface area contributed by atoms with Crippen molar-refractivity contribution < 1.29 is 0 Å². The molecule has 0 saturated heterocycles. The maximum Gasteiger partial charge on any atom is 0.145 e. The Hall–Kier alpha value is -2.14. The minimum atomic E-state index is 0.489. The Morgan fingerprint density at radius 2 is 1.80 bits per heavy atom. The molecule has 0 atom stereocenters. The number of benzene rings is 1. The summed E-state index contributed by atoms with van der Waals surface area (Å²) in [5.74, 6) is 8.26. The van der Waals surface area contributed by atoms with E-state index in [9.17, 15) is 0 Å². The number of nitrogen functional groups attached to an aromatic ring is 1. The minimum absolute atomic E-state index is 0.489. The summed E-state index contributed by atoms with van der Waals surface area (Å²) in [6, 6.07) is 8.09. The van der Waals surface area contributed by atoms with E-state index in [0.29, 0.717) is 11.7 Å². The first-order chi connectivity index (χ1) is 9.65. The Labute approximate surface area is 118 Å². The Morgan fingerprint density at radius 1 is 1.05 bits per heavy atom. The van der Waals surface area contributed by atoms with Gasteiger partial charge in [0.1, 0.15) is 17.5 Å². The molecule has 5 nitrogen and oxygen atoms in total. The van der Waals surface area contributed by atoms with Crippen LogP contribution in [0.25, 0.3) is 0 Å². The number of nitrogens with one attached hydrogen (secondary N) is 2. The Kier molecular flexibility index (Phi) is 3.28. The zero-order valence-electron chi connectivity index (χ0n) is 11.8. The lowest BCUT2D eigenvalue weighted by Crippen LogP contribution is -2.11. The van der Waals surface area contributed by atoms with Crippen LogP contribution in [0.2, 0.25) is 0 Å². The summed E-state index contributed by atoms with van der Waals surface area (Å²) in [4.78, 5) is 8.97. The lowest BCUT2D eigenvalue weighted by Gasteiger charge is -2.10. The average Bonchev–Trinajstić information content (AvgIpc) is 3.27. The summed E-state index contributed by atoms with van der Waals surface area (Å²) >= 11 is 0. The molecule has 0 bridgehead atoms. The topological polar surface area (TPSA) is 75.9 Å². The van der Waals surface area contributed by atoms with Gasteiger partial charge in [0, 0.05) is 17.7 Å². The molecule has 1 saturated carbocycles. The molecule has 1 aromatic carbocycles. The first-order valence-corrected chi connectivity index (χ1v) is 6.85. The van der Waals surface area contributed by atoms with Gasteiger partial charge in [0.05, 0.1) is 0 Å². The summed E-state index contributed by atoms with van der Waals surface area (Å²) in [5.41, 5.74) is 6.16. The van der Waals surface area contributed by atoms with Gasteiger partial charge in [-0.3, -0.25) is 0 Å². The molecule has 1 aliphatic carbocycles. The van der Waals surface area contributed by atoms with Gasteiger partial charge < -0.3 is 10.7 Å². The van der Waals surface area contributed by atoms with Crippen molar-refractivity contribution >= 4 is 17.3 Å². The van der Waals surface area contributed by atoms with E-state index in [2.05, 4.69) is 52.8 Å². The van der Waals surface area contributed by atoms with Crippen LogP contribution in [0.4, 0.5) is 17.3 Å². The zero-order valence-corrected chi connectivity index (χ0v) is 11.8. The molecule has 1 aliphatic rings. The highest BCUT2D eigenvalue weighted by Crippen LogP contribution is 2.39. The van der Waals surface area contributed by atoms with Crippen LogP contribution in [0.5, 0.6) is 0 Å². The molecule has 0 aliphatic heterocycles. The molecule has 1 heterocycles. The van der Waals surface area contributed by atoms with Crippen LogP contribution in [0.1, 0.15) is 35.7 Å². The molecular formula is C15H19N5. The predicted octanol–water partition coefficient (Wildman–Crippen LogP) is 3.00. The monoisotopic (exact) mass is 269 g/mol. The van der Waals surface area contributed by atoms with Gasteiger partial charge >= 0.3 is 0 Å². The third-order valence-corrected chi connectivity index (χ3v) is 3.61. The van der Waals surface area contributed by atoms with E-state index in [4.69, 9.17) is 5.84 Å². The standard InChI is InChI=1S/C15H19N5/c1-9-3-6-12(7-10(9)2)17-13-8-14(20-16)19-15(18-13)11-4-5-11/h3,6-8,11H,4-5,16H2,1-2H3,(H2,17,18,19,20). The number of anilines is 3. The number of aromatic nitrogens is 2. The van der Waals surface area contributed by atoms with Crippen LogP contribution in [0, 0.1) is 13.8 Å². The third kappa shape index (κ3) is 2.72. The molecular weight excluding hydrogens is 250 g/mol. The van der Waals surface area contributed by atoms with Crippen molar-refractivity contribution in [1.82, 2.24) is 9.97 Å². The number of hydrazine groups is 1. The zero-order chi connectivity index (χ0) is 14.1. The molecule has 0 amide bonds. The lowest BCUT2D eigenvalue weighted by atomic mass is 10.1. The number of aryl methyl sites for hydroxylation is 2. The van der Waals surface area contributed by atoms with Gasteiger partial charge in [-0.15, -0.1) is 0 Å². The van der Waals surface area contributed by atoms with Crippen LogP contribution < -0.4 is 16.6 Å². The van der Waals surface area contributed by atoms with Crippen molar-refractivity contribution in [1.29, 1.82) is 0 Å². The summed E-state index contributed by atoms with van der Waals surface area (Å²) in [5, 5.41) is 3.32. The van der Waals surface area contributed by atoms with E-state index in [1.807, 2.05) is 6.07 Å². The van der Waals surface area contributed by atoms with Crippen molar-refractivity contribution in [3.8, 4) is 0 Å². The Morgan fingerprint density at radius 3 is 2.45 bits per heavy atom. The van der Waals surface area contributed by atoms with E-state index in [-0.39, 0.29) is 0 Å². The van der Waals surface area contributed by atoms with Crippen LogP contribution in [-0.2, 0) is 0 Å². The third-order valence-electron chi connectivity index (χ3n) is 3.61. The second-order valence-electron chi connectivity index (χ2n) is 5.34. The first-order valence-electron chi connectivity index (χ1n) is 6.85. The molecule has 5 heteroatoms. The smallest absolute Gasteiger partial charge is 0.145 e. The van der Waals surface area contributed by atoms with Crippen molar-refractivity contribution in [2.24, 2.45) is 5.84 Å². The average molecular weight is 269 g/mol. The fourth-order valence-corrected chi connectivity index (χ4v) is 2.10. The maximum absolute atomic E-state index is 5.48. The van der Waals surface area contributed by atoms with Gasteiger partial charge in [0.15, 0.2) is 0 Å². The largest absolute Gasteiger partial charge is 0.340 e. The molecule has 3 rings (SSSR count). The fraction of sp³-hybridized carbons (Fsp3) is 0.333. The number of rotatable bonds is 4. The fourth-order valence-electron chi connectivity index (χ4n) is 2.10. The molecule has 0 radical (unpaired) electrons. The van der Waals surface area contributed by atoms with Crippen molar-refractivity contribution in [3.63, 3.8) is 0 Å². The summed E-state index contributed by atoms with van der Waals surface area (Å²) in [6.07, 6.45) is 2.33. The molecule has 2 aromatic rings. The lowest BCUT2D eigenvalue weighted by molar-refractivity contribution is 0.929. The highest BCUT2D eigenvalue weighted by molar-refractivity contribution is 5.60. The van der Waals surface area contributed by atoms with Gasteiger partial charge in [-0.05, 0) is 49.9 Å². The summed E-state index contributed by atoms with van der Waals surface area (Å²) < 4.78 is 0. The van der Waals surface area contributed by atoms with Gasteiger partial charge in [0.2, 0.25) is 0 Å². The van der Waals surface area contributed by atoms with E-state index < -0.39 is 0 Å². The van der Waals surface area contributed by atoms with Crippen molar-refractivity contribution in [2.75, 3.05) is 10.7 Å². The predicted molar refractivity (Wildman–Crippen MR) is 81.0 cm³/mol. The summed E-state index contributed by atoms with van der Waals surface area (Å²) in [7, 11) is 0. The highest BCUT2D eigenvalue weighted by atomic mass is 15.3. The minimum Gasteiger partial charge on any atom is -0.340 e. The molecule has 4 N–H and O–H groups in total. The van der Waals surface area contributed by atoms with Gasteiger partial charge in [-0.1, -0.05) is 6.07 Å². The van der Waals surface area contributed by atoms with Crippen LogP contribution in [-0.4, -0.2) is 9.97 Å². The molecule has 104 valence electrons. The number of hydrogen-bond acceptors (Lipinski definition) is 5. The van der Waals surface area contributed by atoms with E-state index in [0.717, 1.165) is 30.2 Å². The van der Waals surface area contributed by atoms with Crippen LogP contribution in [0.3, 0.4) is 0 Å². The van der Waals surface area contributed by atoms with E-state index in [1.165, 1.54) is 11.1 Å². The molecule has 0 unspecified atom stereocenters. The number of hydrogen-bond donors (Lipinski definition) is 3. The van der Waals surface area contributed by atoms with Gasteiger partial charge in [-0.2, -0.15) is 0 Å². The second kappa shape index (κ2) is 5.09.